The molecule has 14 heavy (non-hydrogen) atoms. The number of ether oxygens (including phenoxy) is 1. The molecule has 0 amide bonds. The lowest BCUT2D eigenvalue weighted by Gasteiger charge is -2.31. The van der Waals surface area contributed by atoms with Crippen LogP contribution in [0.15, 0.2) is 0 Å². The molecule has 0 saturated carbocycles. The topological polar surface area (TPSA) is 24.5 Å². The molecule has 1 saturated heterocycles. The Morgan fingerprint density at radius 2 is 2.36 bits per heavy atom. The van der Waals surface area contributed by atoms with Crippen molar-refractivity contribution in [1.82, 2.24) is 10.2 Å². The summed E-state index contributed by atoms with van der Waals surface area (Å²) < 4.78 is 5.40. The standard InChI is InChI=1S/C11H24N2O/c1-4-12-11(14-3)8-10-6-5-7-13(2)9-10/h10-12H,4-9H2,1-3H3. The Hall–Kier alpha value is -0.120. The fraction of sp³-hybridized carbons (Fsp3) is 1.00. The highest BCUT2D eigenvalue weighted by atomic mass is 16.5. The van der Waals surface area contributed by atoms with Crippen LogP contribution in [0, 0.1) is 5.92 Å². The van der Waals surface area contributed by atoms with Gasteiger partial charge in [0, 0.05) is 13.7 Å². The molecule has 3 heteroatoms. The van der Waals surface area contributed by atoms with E-state index in [-0.39, 0.29) is 6.23 Å². The van der Waals surface area contributed by atoms with Gasteiger partial charge in [0.05, 0.1) is 0 Å². The number of hydrogen-bond acceptors (Lipinski definition) is 3. The number of piperidine rings is 1. The molecule has 1 fully saturated rings. The first-order valence-electron chi connectivity index (χ1n) is 5.71. The van der Waals surface area contributed by atoms with Crippen molar-refractivity contribution in [1.29, 1.82) is 0 Å². The van der Waals surface area contributed by atoms with Crippen molar-refractivity contribution in [2.24, 2.45) is 5.92 Å². The van der Waals surface area contributed by atoms with Crippen LogP contribution < -0.4 is 5.32 Å². The maximum Gasteiger partial charge on any atom is 0.108 e. The Morgan fingerprint density at radius 1 is 1.57 bits per heavy atom. The van der Waals surface area contributed by atoms with Gasteiger partial charge in [-0.25, -0.2) is 0 Å². The Morgan fingerprint density at radius 3 is 2.93 bits per heavy atom. The van der Waals surface area contributed by atoms with Crippen LogP contribution in [-0.2, 0) is 4.74 Å². The highest BCUT2D eigenvalue weighted by Crippen LogP contribution is 2.20. The van der Waals surface area contributed by atoms with E-state index < -0.39 is 0 Å². The average molecular weight is 200 g/mol. The van der Waals surface area contributed by atoms with E-state index in [1.807, 2.05) is 0 Å². The molecule has 0 bridgehead atoms. The molecule has 2 unspecified atom stereocenters. The molecule has 1 aliphatic heterocycles. The molecule has 0 aliphatic carbocycles. The monoisotopic (exact) mass is 200 g/mol. The largest absolute Gasteiger partial charge is 0.367 e. The third kappa shape index (κ3) is 3.95. The molecule has 1 aliphatic rings. The zero-order chi connectivity index (χ0) is 10.4. The summed E-state index contributed by atoms with van der Waals surface area (Å²) in [6.07, 6.45) is 4.09. The van der Waals surface area contributed by atoms with Crippen LogP contribution >= 0.6 is 0 Å². The van der Waals surface area contributed by atoms with Gasteiger partial charge < -0.3 is 9.64 Å². The summed E-state index contributed by atoms with van der Waals surface area (Å²) in [5, 5.41) is 3.35. The molecule has 0 aromatic rings. The van der Waals surface area contributed by atoms with Crippen LogP contribution in [0.5, 0.6) is 0 Å². The number of likely N-dealkylation sites (tertiary alicyclic amines) is 1. The van der Waals surface area contributed by atoms with Gasteiger partial charge >= 0.3 is 0 Å². The number of nitrogens with one attached hydrogen (secondary N) is 1. The average Bonchev–Trinajstić information content (AvgIpc) is 2.17. The van der Waals surface area contributed by atoms with Crippen molar-refractivity contribution >= 4 is 0 Å². The lowest BCUT2D eigenvalue weighted by Crippen LogP contribution is -2.38. The van der Waals surface area contributed by atoms with Gasteiger partial charge in [-0.2, -0.15) is 0 Å². The second kappa shape index (κ2) is 6.38. The zero-order valence-electron chi connectivity index (χ0n) is 9.75. The molecule has 0 aromatic carbocycles. The quantitative estimate of drug-likeness (QED) is 0.677. The lowest BCUT2D eigenvalue weighted by atomic mass is 9.94. The van der Waals surface area contributed by atoms with Crippen molar-refractivity contribution in [2.45, 2.75) is 32.4 Å². The minimum absolute atomic E-state index is 0.247. The van der Waals surface area contributed by atoms with Crippen molar-refractivity contribution < 1.29 is 4.74 Å². The minimum atomic E-state index is 0.247. The van der Waals surface area contributed by atoms with Gasteiger partial charge in [-0.05, 0) is 45.3 Å². The lowest BCUT2D eigenvalue weighted by molar-refractivity contribution is 0.0420. The van der Waals surface area contributed by atoms with Gasteiger partial charge in [-0.1, -0.05) is 6.92 Å². The van der Waals surface area contributed by atoms with Crippen molar-refractivity contribution in [2.75, 3.05) is 33.8 Å². The predicted octanol–water partition coefficient (Wildman–Crippen LogP) is 1.30. The zero-order valence-corrected chi connectivity index (χ0v) is 9.75. The molecule has 0 aromatic heterocycles. The highest BCUT2D eigenvalue weighted by molar-refractivity contribution is 4.73. The third-order valence-corrected chi connectivity index (χ3v) is 2.99. The van der Waals surface area contributed by atoms with Gasteiger partial charge in [0.15, 0.2) is 0 Å². The maximum atomic E-state index is 5.40. The van der Waals surface area contributed by atoms with Crippen LogP contribution in [0.1, 0.15) is 26.2 Å². The predicted molar refractivity (Wildman–Crippen MR) is 59.3 cm³/mol. The summed E-state index contributed by atoms with van der Waals surface area (Å²) in [7, 11) is 4.00. The number of nitrogens with zero attached hydrogens (tertiary/aromatic N) is 1. The Balaban J connectivity index is 2.26. The minimum Gasteiger partial charge on any atom is -0.367 e. The SMILES string of the molecule is CCNC(CC1CCCN(C)C1)OC. The number of rotatable bonds is 5. The number of hydrogen-bond donors (Lipinski definition) is 1. The van der Waals surface area contributed by atoms with Crippen LogP contribution in [-0.4, -0.2) is 44.9 Å². The van der Waals surface area contributed by atoms with E-state index in [0.29, 0.717) is 0 Å². The molecule has 84 valence electrons. The molecule has 1 rings (SSSR count). The summed E-state index contributed by atoms with van der Waals surface area (Å²) >= 11 is 0. The second-order valence-electron chi connectivity index (χ2n) is 4.29. The summed E-state index contributed by atoms with van der Waals surface area (Å²) in [6, 6.07) is 0. The second-order valence-corrected chi connectivity index (χ2v) is 4.29. The molecule has 1 N–H and O–H groups in total. The van der Waals surface area contributed by atoms with E-state index in [1.54, 1.807) is 7.11 Å². The van der Waals surface area contributed by atoms with E-state index in [2.05, 4.69) is 24.2 Å². The summed E-state index contributed by atoms with van der Waals surface area (Å²) in [6.45, 7) is 5.60. The first-order valence-corrected chi connectivity index (χ1v) is 5.71. The Labute approximate surface area is 87.8 Å². The van der Waals surface area contributed by atoms with E-state index in [4.69, 9.17) is 4.74 Å². The van der Waals surface area contributed by atoms with Crippen LogP contribution in [0.3, 0.4) is 0 Å². The fourth-order valence-electron chi connectivity index (χ4n) is 2.26. The number of methoxy groups -OCH3 is 1. The van der Waals surface area contributed by atoms with Gasteiger partial charge in [-0.15, -0.1) is 0 Å². The van der Waals surface area contributed by atoms with Gasteiger partial charge in [-0.3, -0.25) is 5.32 Å². The highest BCUT2D eigenvalue weighted by Gasteiger charge is 2.20. The summed E-state index contributed by atoms with van der Waals surface area (Å²) in [5.74, 6) is 0.803. The molecule has 2 atom stereocenters. The molecule has 0 radical (unpaired) electrons. The molecule has 0 spiro atoms. The first kappa shape index (κ1) is 12.0. The van der Waals surface area contributed by atoms with Crippen LogP contribution in [0.25, 0.3) is 0 Å². The van der Waals surface area contributed by atoms with Gasteiger partial charge in [0.25, 0.3) is 0 Å². The molecule has 3 nitrogen and oxygen atoms in total. The van der Waals surface area contributed by atoms with Crippen molar-refractivity contribution in [3.05, 3.63) is 0 Å². The molecular weight excluding hydrogens is 176 g/mol. The smallest absolute Gasteiger partial charge is 0.108 e. The van der Waals surface area contributed by atoms with Crippen molar-refractivity contribution in [3.8, 4) is 0 Å². The normalized spacial score (nSPS) is 26.4. The summed E-state index contributed by atoms with van der Waals surface area (Å²) in [4.78, 5) is 2.42. The van der Waals surface area contributed by atoms with Gasteiger partial charge in [0.1, 0.15) is 6.23 Å². The van der Waals surface area contributed by atoms with E-state index >= 15 is 0 Å². The molecule has 1 heterocycles. The van der Waals surface area contributed by atoms with Crippen molar-refractivity contribution in [3.63, 3.8) is 0 Å². The third-order valence-electron chi connectivity index (χ3n) is 2.99. The Kier molecular flexibility index (Phi) is 5.45. The van der Waals surface area contributed by atoms with E-state index in [9.17, 15) is 0 Å². The Bertz CT molecular complexity index is 152. The molecular formula is C11H24N2O. The van der Waals surface area contributed by atoms with Crippen LogP contribution in [0.4, 0.5) is 0 Å². The van der Waals surface area contributed by atoms with Gasteiger partial charge in [0.2, 0.25) is 0 Å². The van der Waals surface area contributed by atoms with E-state index in [1.165, 1.54) is 25.9 Å². The van der Waals surface area contributed by atoms with Crippen LogP contribution in [0.2, 0.25) is 0 Å². The maximum absolute atomic E-state index is 5.40. The first-order chi connectivity index (χ1) is 6.76. The summed E-state index contributed by atoms with van der Waals surface area (Å²) in [5.41, 5.74) is 0. The fourth-order valence-corrected chi connectivity index (χ4v) is 2.26. The van der Waals surface area contributed by atoms with E-state index in [0.717, 1.165) is 18.9 Å².